The van der Waals surface area contributed by atoms with Gasteiger partial charge >= 0.3 is 0 Å². The van der Waals surface area contributed by atoms with E-state index < -0.39 is 16.1 Å². The van der Waals surface area contributed by atoms with Crippen molar-refractivity contribution in [1.29, 1.82) is 0 Å². The lowest BCUT2D eigenvalue weighted by Crippen LogP contribution is -2.28. The van der Waals surface area contributed by atoms with Gasteiger partial charge in [0.1, 0.15) is 5.75 Å². The van der Waals surface area contributed by atoms with Gasteiger partial charge in [0.15, 0.2) is 6.61 Å². The molecule has 0 aromatic heterocycles. The topological polar surface area (TPSA) is 84.5 Å². The maximum absolute atomic E-state index is 12.7. The summed E-state index contributed by atoms with van der Waals surface area (Å²) in [5.74, 6) is -0.161. The molecule has 32 heavy (non-hydrogen) atoms. The smallest absolute Gasteiger partial charge is 0.258 e. The molecular formula is C23H22Cl2N2O4S. The minimum Gasteiger partial charge on any atom is -0.482 e. The van der Waals surface area contributed by atoms with Crippen LogP contribution in [0.4, 0.5) is 0 Å². The van der Waals surface area contributed by atoms with E-state index in [9.17, 15) is 13.2 Å². The third-order valence-electron chi connectivity index (χ3n) is 4.64. The third kappa shape index (κ3) is 6.46. The molecule has 0 aliphatic heterocycles. The Bertz CT molecular complexity index is 1190. The number of hydrogen-bond acceptors (Lipinski definition) is 4. The van der Waals surface area contributed by atoms with Crippen LogP contribution in [0.15, 0.2) is 77.7 Å². The van der Waals surface area contributed by atoms with Gasteiger partial charge in [-0.05, 0) is 42.3 Å². The molecular weight excluding hydrogens is 471 g/mol. The molecule has 0 aliphatic carbocycles. The fraction of sp³-hybridized carbons (Fsp3) is 0.174. The lowest BCUT2D eigenvalue weighted by Gasteiger charge is -2.15. The quantitative estimate of drug-likeness (QED) is 0.452. The van der Waals surface area contributed by atoms with Gasteiger partial charge in [0.25, 0.3) is 5.91 Å². The Kier molecular flexibility index (Phi) is 8.15. The maximum Gasteiger partial charge on any atom is 0.258 e. The van der Waals surface area contributed by atoms with Gasteiger partial charge < -0.3 is 10.1 Å². The van der Waals surface area contributed by atoms with Crippen molar-refractivity contribution in [3.8, 4) is 5.75 Å². The van der Waals surface area contributed by atoms with E-state index in [1.807, 2.05) is 42.5 Å². The highest BCUT2D eigenvalue weighted by atomic mass is 35.5. The van der Waals surface area contributed by atoms with Crippen LogP contribution < -0.4 is 14.8 Å². The number of nitrogens with one attached hydrogen (secondary N) is 2. The molecule has 1 atom stereocenters. The highest BCUT2D eigenvalue weighted by Gasteiger charge is 2.20. The van der Waals surface area contributed by atoms with Crippen LogP contribution in [-0.2, 0) is 21.4 Å². The molecule has 3 aromatic rings. The SMILES string of the molecule is C[C@H](NS(=O)(=O)c1ccc(OCC(=O)NCc2ccccc2Cl)c(Cl)c1)c1ccccc1. The zero-order valence-electron chi connectivity index (χ0n) is 17.2. The number of sulfonamides is 1. The van der Waals surface area contributed by atoms with Crippen molar-refractivity contribution in [2.75, 3.05) is 6.61 Å². The van der Waals surface area contributed by atoms with Crippen LogP contribution in [0.3, 0.4) is 0 Å². The molecule has 0 aliphatic rings. The van der Waals surface area contributed by atoms with E-state index in [1.54, 1.807) is 19.1 Å². The van der Waals surface area contributed by atoms with Gasteiger partial charge in [0, 0.05) is 17.6 Å². The van der Waals surface area contributed by atoms with E-state index in [0.29, 0.717) is 5.02 Å². The Labute approximate surface area is 197 Å². The first kappa shape index (κ1) is 24.1. The monoisotopic (exact) mass is 492 g/mol. The fourth-order valence-electron chi connectivity index (χ4n) is 2.91. The van der Waals surface area contributed by atoms with Crippen LogP contribution in [0, 0.1) is 0 Å². The fourth-order valence-corrected chi connectivity index (χ4v) is 4.67. The minimum atomic E-state index is -3.80. The summed E-state index contributed by atoms with van der Waals surface area (Å²) in [6, 6.07) is 20.1. The molecule has 2 N–H and O–H groups in total. The van der Waals surface area contributed by atoms with Crippen LogP contribution >= 0.6 is 23.2 Å². The van der Waals surface area contributed by atoms with Crippen molar-refractivity contribution >= 4 is 39.1 Å². The summed E-state index contributed by atoms with van der Waals surface area (Å²) in [5, 5.41) is 3.35. The number of hydrogen-bond donors (Lipinski definition) is 2. The molecule has 0 unspecified atom stereocenters. The number of benzene rings is 3. The molecule has 9 heteroatoms. The van der Waals surface area contributed by atoms with Gasteiger partial charge in [0.05, 0.1) is 9.92 Å². The van der Waals surface area contributed by atoms with Crippen molar-refractivity contribution in [2.45, 2.75) is 24.4 Å². The third-order valence-corrected chi connectivity index (χ3v) is 6.84. The Morgan fingerprint density at radius 1 is 0.969 bits per heavy atom. The largest absolute Gasteiger partial charge is 0.482 e. The van der Waals surface area contributed by atoms with Gasteiger partial charge in [-0.15, -0.1) is 0 Å². The van der Waals surface area contributed by atoms with Gasteiger partial charge in [-0.2, -0.15) is 0 Å². The lowest BCUT2D eigenvalue weighted by molar-refractivity contribution is -0.123. The molecule has 0 heterocycles. The van der Waals surface area contributed by atoms with Crippen molar-refractivity contribution < 1.29 is 17.9 Å². The molecule has 0 spiro atoms. The molecule has 0 saturated carbocycles. The summed E-state index contributed by atoms with van der Waals surface area (Å²) >= 11 is 12.3. The number of ether oxygens (including phenoxy) is 1. The van der Waals surface area contributed by atoms with E-state index in [0.717, 1.165) is 11.1 Å². The second kappa shape index (κ2) is 10.8. The summed E-state index contributed by atoms with van der Waals surface area (Å²) in [4.78, 5) is 12.1. The predicted molar refractivity (Wildman–Crippen MR) is 125 cm³/mol. The summed E-state index contributed by atoms with van der Waals surface area (Å²) in [6.07, 6.45) is 0. The molecule has 0 radical (unpaired) electrons. The summed E-state index contributed by atoms with van der Waals surface area (Å²) in [6.45, 7) is 1.74. The number of carbonyl (C=O) groups excluding carboxylic acids is 1. The standard InChI is InChI=1S/C23H22Cl2N2O4S/c1-16(17-7-3-2-4-8-17)27-32(29,30)19-11-12-22(21(25)13-19)31-15-23(28)26-14-18-9-5-6-10-20(18)24/h2-13,16,27H,14-15H2,1H3,(H,26,28)/t16-/m0/s1. The first-order valence-corrected chi connectivity index (χ1v) is 12.0. The van der Waals surface area contributed by atoms with Crippen LogP contribution in [0.1, 0.15) is 24.1 Å². The molecule has 1 amide bonds. The number of rotatable bonds is 9. The second-order valence-electron chi connectivity index (χ2n) is 7.00. The van der Waals surface area contributed by atoms with Crippen molar-refractivity contribution in [2.24, 2.45) is 0 Å². The van der Waals surface area contributed by atoms with E-state index in [-0.39, 0.29) is 34.7 Å². The number of carbonyl (C=O) groups is 1. The minimum absolute atomic E-state index is 0.000743. The van der Waals surface area contributed by atoms with Crippen molar-refractivity contribution in [3.05, 3.63) is 94.0 Å². The van der Waals surface area contributed by atoms with Gasteiger partial charge in [0.2, 0.25) is 10.0 Å². The zero-order chi connectivity index (χ0) is 23.1. The Hall–Kier alpha value is -2.58. The normalized spacial score (nSPS) is 12.2. The van der Waals surface area contributed by atoms with Gasteiger partial charge in [-0.1, -0.05) is 71.7 Å². The van der Waals surface area contributed by atoms with Gasteiger partial charge in [-0.3, -0.25) is 4.79 Å². The van der Waals surface area contributed by atoms with Crippen LogP contribution in [0.2, 0.25) is 10.0 Å². The van der Waals surface area contributed by atoms with E-state index in [1.165, 1.54) is 18.2 Å². The molecule has 0 bridgehead atoms. The highest BCUT2D eigenvalue weighted by Crippen LogP contribution is 2.28. The highest BCUT2D eigenvalue weighted by molar-refractivity contribution is 7.89. The molecule has 3 rings (SSSR count). The van der Waals surface area contributed by atoms with E-state index >= 15 is 0 Å². The molecule has 6 nitrogen and oxygen atoms in total. The average molecular weight is 493 g/mol. The molecule has 168 valence electrons. The summed E-state index contributed by atoms with van der Waals surface area (Å²) in [5.41, 5.74) is 1.62. The van der Waals surface area contributed by atoms with E-state index in [2.05, 4.69) is 10.0 Å². The Morgan fingerprint density at radius 2 is 1.66 bits per heavy atom. The Balaban J connectivity index is 1.58. The van der Waals surface area contributed by atoms with Crippen LogP contribution in [0.5, 0.6) is 5.75 Å². The first-order chi connectivity index (χ1) is 15.3. The maximum atomic E-state index is 12.7. The molecule has 0 saturated heterocycles. The van der Waals surface area contributed by atoms with Crippen molar-refractivity contribution in [1.82, 2.24) is 10.0 Å². The lowest BCUT2D eigenvalue weighted by atomic mass is 10.1. The second-order valence-corrected chi connectivity index (χ2v) is 9.53. The Morgan fingerprint density at radius 3 is 2.34 bits per heavy atom. The number of halogens is 2. The number of amides is 1. The summed E-state index contributed by atoms with van der Waals surface area (Å²) < 4.78 is 33.5. The molecule has 0 fully saturated rings. The van der Waals surface area contributed by atoms with Crippen molar-refractivity contribution in [3.63, 3.8) is 0 Å². The summed E-state index contributed by atoms with van der Waals surface area (Å²) in [7, 11) is -3.80. The predicted octanol–water partition coefficient (Wildman–Crippen LogP) is 4.73. The first-order valence-electron chi connectivity index (χ1n) is 9.76. The van der Waals surface area contributed by atoms with Gasteiger partial charge in [-0.25, -0.2) is 13.1 Å². The van der Waals surface area contributed by atoms with Crippen LogP contribution in [-0.4, -0.2) is 20.9 Å². The average Bonchev–Trinajstić information content (AvgIpc) is 2.78. The van der Waals surface area contributed by atoms with Crippen LogP contribution in [0.25, 0.3) is 0 Å². The zero-order valence-corrected chi connectivity index (χ0v) is 19.5. The molecule has 3 aromatic carbocycles. The van der Waals surface area contributed by atoms with E-state index in [4.69, 9.17) is 27.9 Å².